The van der Waals surface area contributed by atoms with Crippen LogP contribution in [0.5, 0.6) is 0 Å². The van der Waals surface area contributed by atoms with E-state index in [4.69, 9.17) is 0 Å². The standard InChI is InChI=1S/C13H14FIN2/c14-10-5-6-12-11(7-10)13(15)16-17(12)8-9-3-1-2-4-9/h5-7,9H,1-4,8H2. The summed E-state index contributed by atoms with van der Waals surface area (Å²) in [4.78, 5) is 0. The van der Waals surface area contributed by atoms with Crippen LogP contribution in [0.25, 0.3) is 10.9 Å². The molecule has 3 rings (SSSR count). The van der Waals surface area contributed by atoms with Gasteiger partial charge in [0.25, 0.3) is 0 Å². The van der Waals surface area contributed by atoms with Crippen LogP contribution >= 0.6 is 22.6 Å². The molecule has 1 aromatic heterocycles. The number of hydrogen-bond acceptors (Lipinski definition) is 1. The monoisotopic (exact) mass is 344 g/mol. The Morgan fingerprint density at radius 2 is 2.12 bits per heavy atom. The molecule has 2 aromatic rings. The van der Waals surface area contributed by atoms with Gasteiger partial charge in [-0.05, 0) is 59.5 Å². The van der Waals surface area contributed by atoms with Crippen LogP contribution in [-0.2, 0) is 6.54 Å². The van der Waals surface area contributed by atoms with Crippen LogP contribution in [0.1, 0.15) is 25.7 Å². The molecule has 0 N–H and O–H groups in total. The average Bonchev–Trinajstić information content (AvgIpc) is 2.89. The summed E-state index contributed by atoms with van der Waals surface area (Å²) < 4.78 is 16.1. The lowest BCUT2D eigenvalue weighted by Crippen LogP contribution is -2.08. The van der Waals surface area contributed by atoms with Crippen LogP contribution < -0.4 is 0 Å². The Bertz CT molecular complexity index is 544. The Kier molecular flexibility index (Phi) is 3.06. The summed E-state index contributed by atoms with van der Waals surface area (Å²) in [6.07, 6.45) is 5.30. The maximum absolute atomic E-state index is 13.2. The van der Waals surface area contributed by atoms with Gasteiger partial charge >= 0.3 is 0 Å². The Hall–Kier alpha value is -0.650. The minimum Gasteiger partial charge on any atom is -0.264 e. The first kappa shape index (κ1) is 11.4. The highest BCUT2D eigenvalue weighted by atomic mass is 127. The topological polar surface area (TPSA) is 17.8 Å². The molecule has 17 heavy (non-hydrogen) atoms. The van der Waals surface area contributed by atoms with E-state index in [1.165, 1.54) is 31.7 Å². The van der Waals surface area contributed by atoms with Crippen molar-refractivity contribution in [3.05, 3.63) is 27.7 Å². The highest BCUT2D eigenvalue weighted by Crippen LogP contribution is 2.28. The third-order valence-corrected chi connectivity index (χ3v) is 4.37. The lowest BCUT2D eigenvalue weighted by Gasteiger charge is -2.09. The Balaban J connectivity index is 1.98. The molecule has 0 saturated heterocycles. The van der Waals surface area contributed by atoms with Gasteiger partial charge in [0, 0.05) is 11.9 Å². The summed E-state index contributed by atoms with van der Waals surface area (Å²) >= 11 is 2.18. The summed E-state index contributed by atoms with van der Waals surface area (Å²) in [6.45, 7) is 0.977. The van der Waals surface area contributed by atoms with Gasteiger partial charge in [0.1, 0.15) is 9.52 Å². The smallest absolute Gasteiger partial charge is 0.131 e. The van der Waals surface area contributed by atoms with Crippen molar-refractivity contribution in [2.75, 3.05) is 0 Å². The predicted molar refractivity (Wildman–Crippen MR) is 74.4 cm³/mol. The van der Waals surface area contributed by atoms with Crippen molar-refractivity contribution in [2.45, 2.75) is 32.2 Å². The molecule has 1 saturated carbocycles. The van der Waals surface area contributed by atoms with E-state index >= 15 is 0 Å². The molecule has 1 fully saturated rings. The normalized spacial score (nSPS) is 17.1. The number of halogens is 2. The minimum atomic E-state index is -0.184. The molecule has 1 aliphatic rings. The van der Waals surface area contributed by atoms with Crippen molar-refractivity contribution in [3.8, 4) is 0 Å². The highest BCUT2D eigenvalue weighted by molar-refractivity contribution is 14.1. The van der Waals surface area contributed by atoms with E-state index in [2.05, 4.69) is 27.7 Å². The van der Waals surface area contributed by atoms with Gasteiger partial charge in [0.05, 0.1) is 5.52 Å². The second-order valence-corrected chi connectivity index (χ2v) is 5.81. The molecule has 1 heterocycles. The number of rotatable bonds is 2. The molecule has 0 aliphatic heterocycles. The van der Waals surface area contributed by atoms with Crippen molar-refractivity contribution in [1.29, 1.82) is 0 Å². The van der Waals surface area contributed by atoms with Gasteiger partial charge < -0.3 is 0 Å². The molecule has 1 aliphatic carbocycles. The fraction of sp³-hybridized carbons (Fsp3) is 0.462. The second-order valence-electron chi connectivity index (χ2n) is 4.78. The van der Waals surface area contributed by atoms with E-state index in [-0.39, 0.29) is 5.82 Å². The number of aromatic nitrogens is 2. The van der Waals surface area contributed by atoms with Crippen LogP contribution in [0, 0.1) is 15.4 Å². The zero-order valence-corrected chi connectivity index (χ0v) is 11.7. The number of fused-ring (bicyclic) bond motifs is 1. The molecular formula is C13H14FIN2. The first-order chi connectivity index (χ1) is 8.24. The van der Waals surface area contributed by atoms with Crippen molar-refractivity contribution < 1.29 is 4.39 Å². The zero-order chi connectivity index (χ0) is 11.8. The third-order valence-electron chi connectivity index (χ3n) is 3.57. The van der Waals surface area contributed by atoms with Crippen LogP contribution in [-0.4, -0.2) is 9.78 Å². The van der Waals surface area contributed by atoms with Crippen LogP contribution in [0.2, 0.25) is 0 Å². The van der Waals surface area contributed by atoms with Gasteiger partial charge in [-0.25, -0.2) is 4.39 Å². The summed E-state index contributed by atoms with van der Waals surface area (Å²) in [5.74, 6) is 0.565. The van der Waals surface area contributed by atoms with Crippen molar-refractivity contribution in [1.82, 2.24) is 9.78 Å². The number of hydrogen-bond donors (Lipinski definition) is 0. The Labute approximate surface area is 113 Å². The average molecular weight is 344 g/mol. The first-order valence-electron chi connectivity index (χ1n) is 6.05. The fourth-order valence-corrected chi connectivity index (χ4v) is 3.38. The third kappa shape index (κ3) is 2.19. The Morgan fingerprint density at radius 3 is 2.88 bits per heavy atom. The molecule has 4 heteroatoms. The van der Waals surface area contributed by atoms with Crippen molar-refractivity contribution >= 4 is 33.5 Å². The summed E-state index contributed by atoms with van der Waals surface area (Å²) in [7, 11) is 0. The van der Waals surface area contributed by atoms with Crippen LogP contribution in [0.4, 0.5) is 4.39 Å². The molecule has 2 nitrogen and oxygen atoms in total. The van der Waals surface area contributed by atoms with Crippen molar-refractivity contribution in [2.24, 2.45) is 5.92 Å². The van der Waals surface area contributed by atoms with Crippen LogP contribution in [0.15, 0.2) is 18.2 Å². The molecule has 0 atom stereocenters. The zero-order valence-electron chi connectivity index (χ0n) is 9.50. The summed E-state index contributed by atoms with van der Waals surface area (Å²) in [5.41, 5.74) is 1.06. The lowest BCUT2D eigenvalue weighted by molar-refractivity contribution is 0.436. The molecular weight excluding hydrogens is 330 g/mol. The SMILES string of the molecule is Fc1ccc2c(c1)c(I)nn2CC1CCCC1. The van der Waals surface area contributed by atoms with Gasteiger partial charge in [0.15, 0.2) is 0 Å². The molecule has 0 spiro atoms. The summed E-state index contributed by atoms with van der Waals surface area (Å²) in [5, 5.41) is 5.46. The van der Waals surface area contributed by atoms with Gasteiger partial charge in [-0.15, -0.1) is 0 Å². The second kappa shape index (κ2) is 4.55. The maximum Gasteiger partial charge on any atom is 0.131 e. The quantitative estimate of drug-likeness (QED) is 0.754. The molecule has 0 bridgehead atoms. The van der Waals surface area contributed by atoms with Crippen molar-refractivity contribution in [3.63, 3.8) is 0 Å². The summed E-state index contributed by atoms with van der Waals surface area (Å²) in [6, 6.07) is 4.94. The maximum atomic E-state index is 13.2. The van der Waals surface area contributed by atoms with Gasteiger partial charge in [0.2, 0.25) is 0 Å². The largest absolute Gasteiger partial charge is 0.264 e. The fourth-order valence-electron chi connectivity index (χ4n) is 2.69. The van der Waals surface area contributed by atoms with E-state index in [0.717, 1.165) is 27.1 Å². The van der Waals surface area contributed by atoms with Gasteiger partial charge in [-0.1, -0.05) is 12.8 Å². The minimum absolute atomic E-state index is 0.184. The molecule has 0 amide bonds. The highest BCUT2D eigenvalue weighted by Gasteiger charge is 2.18. The van der Waals surface area contributed by atoms with E-state index < -0.39 is 0 Å². The van der Waals surface area contributed by atoms with Gasteiger partial charge in [-0.2, -0.15) is 5.10 Å². The first-order valence-corrected chi connectivity index (χ1v) is 7.13. The molecule has 1 aromatic carbocycles. The van der Waals surface area contributed by atoms with Gasteiger partial charge in [-0.3, -0.25) is 4.68 Å². The molecule has 0 radical (unpaired) electrons. The van der Waals surface area contributed by atoms with E-state index in [0.29, 0.717) is 0 Å². The predicted octanol–water partition coefficient (Wildman–Crippen LogP) is 3.97. The number of nitrogens with zero attached hydrogens (tertiary/aromatic N) is 2. The molecule has 90 valence electrons. The Morgan fingerprint density at radius 1 is 1.35 bits per heavy atom. The van der Waals surface area contributed by atoms with Crippen LogP contribution in [0.3, 0.4) is 0 Å². The number of benzene rings is 1. The van der Waals surface area contributed by atoms with E-state index in [1.807, 2.05) is 10.7 Å². The van der Waals surface area contributed by atoms with E-state index in [9.17, 15) is 4.39 Å². The lowest BCUT2D eigenvalue weighted by atomic mass is 10.1. The molecule has 0 unspecified atom stereocenters. The van der Waals surface area contributed by atoms with E-state index in [1.54, 1.807) is 6.07 Å².